The fourth-order valence-corrected chi connectivity index (χ4v) is 3.43. The van der Waals surface area contributed by atoms with Crippen LogP contribution >= 0.6 is 11.6 Å². The summed E-state index contributed by atoms with van der Waals surface area (Å²) in [6.45, 7) is 0.474. The largest absolute Gasteiger partial charge is 0.352 e. The van der Waals surface area contributed by atoms with E-state index in [9.17, 15) is 4.79 Å². The zero-order valence-electron chi connectivity index (χ0n) is 15.1. The van der Waals surface area contributed by atoms with Crippen LogP contribution in [0.1, 0.15) is 29.2 Å². The second-order valence-corrected chi connectivity index (χ2v) is 6.99. The molecule has 4 aromatic rings. The van der Waals surface area contributed by atoms with Gasteiger partial charge in [-0.2, -0.15) is 0 Å². The predicted molar refractivity (Wildman–Crippen MR) is 109 cm³/mol. The lowest BCUT2D eigenvalue weighted by atomic mass is 9.92. The number of hydrogen-bond acceptors (Lipinski definition) is 3. The number of halogens is 1. The number of amides is 1. The van der Waals surface area contributed by atoms with Crippen molar-refractivity contribution in [1.29, 1.82) is 0 Å². The molecule has 1 unspecified atom stereocenters. The van der Waals surface area contributed by atoms with Gasteiger partial charge in [-0.3, -0.25) is 9.78 Å². The summed E-state index contributed by atoms with van der Waals surface area (Å²) in [4.78, 5) is 21.2. The molecule has 3 aromatic heterocycles. The molecule has 0 aliphatic carbocycles. The third-order valence-corrected chi connectivity index (χ3v) is 4.91. The normalized spacial score (nSPS) is 12.0. The van der Waals surface area contributed by atoms with E-state index in [0.29, 0.717) is 18.0 Å². The Labute approximate surface area is 168 Å². The Bertz CT molecular complexity index is 1080. The number of imidazole rings is 1. The van der Waals surface area contributed by atoms with Gasteiger partial charge < -0.3 is 9.72 Å². The van der Waals surface area contributed by atoms with Gasteiger partial charge in [0, 0.05) is 43.7 Å². The molecule has 1 amide bonds. The number of aromatic nitrogens is 3. The summed E-state index contributed by atoms with van der Waals surface area (Å²) in [5, 5.41) is 3.62. The maximum atomic E-state index is 12.7. The number of nitrogens with zero attached hydrogens (tertiary/aromatic N) is 3. The second kappa shape index (κ2) is 8.23. The van der Waals surface area contributed by atoms with E-state index in [1.807, 2.05) is 71.4 Å². The first kappa shape index (κ1) is 18.2. The number of carbonyl (C=O) groups is 1. The minimum atomic E-state index is -0.132. The minimum absolute atomic E-state index is 0.0253. The van der Waals surface area contributed by atoms with E-state index >= 15 is 0 Å². The van der Waals surface area contributed by atoms with Crippen molar-refractivity contribution in [2.75, 3.05) is 0 Å². The zero-order chi connectivity index (χ0) is 19.3. The van der Waals surface area contributed by atoms with Crippen LogP contribution in [0.3, 0.4) is 0 Å². The molecule has 0 aliphatic heterocycles. The van der Waals surface area contributed by atoms with E-state index in [0.717, 1.165) is 22.5 Å². The number of nitrogens with one attached hydrogen (secondary N) is 1. The summed E-state index contributed by atoms with van der Waals surface area (Å²) in [5.74, 6) is -0.158. The van der Waals surface area contributed by atoms with Crippen LogP contribution in [-0.4, -0.2) is 20.3 Å². The minimum Gasteiger partial charge on any atom is -0.352 e. The molecule has 0 bridgehead atoms. The van der Waals surface area contributed by atoms with Gasteiger partial charge in [0.25, 0.3) is 0 Å². The van der Waals surface area contributed by atoms with E-state index in [4.69, 9.17) is 11.6 Å². The van der Waals surface area contributed by atoms with Crippen molar-refractivity contribution in [2.24, 2.45) is 0 Å². The maximum Gasteiger partial charge on any atom is 0.221 e. The summed E-state index contributed by atoms with van der Waals surface area (Å²) >= 11 is 6.19. The van der Waals surface area contributed by atoms with Gasteiger partial charge in [-0.15, -0.1) is 0 Å². The highest BCUT2D eigenvalue weighted by atomic mass is 35.5. The van der Waals surface area contributed by atoms with E-state index in [1.54, 1.807) is 12.4 Å². The first-order chi connectivity index (χ1) is 13.7. The molecule has 0 aliphatic rings. The topological polar surface area (TPSA) is 59.3 Å². The van der Waals surface area contributed by atoms with Gasteiger partial charge in [-0.05, 0) is 35.4 Å². The number of rotatable bonds is 6. The standard InChI is InChI=1S/C22H19ClN4O/c23-18-6-7-21-25-14-20(27(21)15-18)19(17-4-2-1-3-5-17)12-22(28)26-13-16-8-10-24-11-9-16/h1-11,14-15,19H,12-13H2,(H,26,28). The lowest BCUT2D eigenvalue weighted by molar-refractivity contribution is -0.121. The van der Waals surface area contributed by atoms with Crippen LogP contribution in [0, 0.1) is 0 Å². The molecule has 28 heavy (non-hydrogen) atoms. The highest BCUT2D eigenvalue weighted by molar-refractivity contribution is 6.30. The summed E-state index contributed by atoms with van der Waals surface area (Å²) < 4.78 is 1.95. The quantitative estimate of drug-likeness (QED) is 0.536. The molecule has 1 atom stereocenters. The molecule has 1 N–H and O–H groups in total. The molecule has 4 rings (SSSR count). The summed E-state index contributed by atoms with van der Waals surface area (Å²) in [6, 6.07) is 17.5. The fraction of sp³-hybridized carbons (Fsp3) is 0.136. The monoisotopic (exact) mass is 390 g/mol. The Balaban J connectivity index is 1.61. The lowest BCUT2D eigenvalue weighted by Crippen LogP contribution is -2.25. The number of pyridine rings is 2. The number of carbonyl (C=O) groups excluding carboxylic acids is 1. The van der Waals surface area contributed by atoms with Crippen LogP contribution in [0.15, 0.2) is 79.4 Å². The smallest absolute Gasteiger partial charge is 0.221 e. The molecule has 3 heterocycles. The molecule has 6 heteroatoms. The van der Waals surface area contributed by atoms with Crippen LogP contribution in [0.4, 0.5) is 0 Å². The number of benzene rings is 1. The van der Waals surface area contributed by atoms with Crippen LogP contribution in [0.5, 0.6) is 0 Å². The summed E-state index contributed by atoms with van der Waals surface area (Å²) in [7, 11) is 0. The zero-order valence-corrected chi connectivity index (χ0v) is 15.9. The fourth-order valence-electron chi connectivity index (χ4n) is 3.27. The highest BCUT2D eigenvalue weighted by Crippen LogP contribution is 2.29. The molecular formula is C22H19ClN4O. The van der Waals surface area contributed by atoms with Gasteiger partial charge in [0.15, 0.2) is 0 Å². The van der Waals surface area contributed by atoms with Crippen molar-refractivity contribution in [3.8, 4) is 0 Å². The first-order valence-corrected chi connectivity index (χ1v) is 9.41. The van der Waals surface area contributed by atoms with Gasteiger partial charge >= 0.3 is 0 Å². The van der Waals surface area contributed by atoms with Crippen LogP contribution < -0.4 is 5.32 Å². The molecule has 5 nitrogen and oxygen atoms in total. The Hall–Kier alpha value is -3.18. The Morgan fingerprint density at radius 1 is 1.07 bits per heavy atom. The van der Waals surface area contributed by atoms with Crippen molar-refractivity contribution in [3.05, 3.63) is 101 Å². The van der Waals surface area contributed by atoms with E-state index in [1.165, 1.54) is 0 Å². The maximum absolute atomic E-state index is 12.7. The van der Waals surface area contributed by atoms with E-state index < -0.39 is 0 Å². The van der Waals surface area contributed by atoms with E-state index in [-0.39, 0.29) is 11.8 Å². The molecule has 0 saturated heterocycles. The van der Waals surface area contributed by atoms with Crippen molar-refractivity contribution < 1.29 is 4.79 Å². The van der Waals surface area contributed by atoms with Gasteiger partial charge in [-0.1, -0.05) is 41.9 Å². The van der Waals surface area contributed by atoms with Crippen LogP contribution in [0.2, 0.25) is 5.02 Å². The Kier molecular flexibility index (Phi) is 5.35. The molecule has 0 radical (unpaired) electrons. The molecule has 0 spiro atoms. The first-order valence-electron chi connectivity index (χ1n) is 9.04. The van der Waals surface area contributed by atoms with Gasteiger partial charge in [0.1, 0.15) is 5.65 Å². The van der Waals surface area contributed by atoms with Gasteiger partial charge in [0.2, 0.25) is 5.91 Å². The summed E-state index contributed by atoms with van der Waals surface area (Å²) in [5.41, 5.74) is 3.81. The SMILES string of the molecule is O=C(CC(c1ccccc1)c1cnc2ccc(Cl)cn12)NCc1ccncc1. The molecular weight excluding hydrogens is 372 g/mol. The van der Waals surface area contributed by atoms with Crippen LogP contribution in [0.25, 0.3) is 5.65 Å². The van der Waals surface area contributed by atoms with Crippen molar-refractivity contribution in [3.63, 3.8) is 0 Å². The van der Waals surface area contributed by atoms with Crippen LogP contribution in [-0.2, 0) is 11.3 Å². The van der Waals surface area contributed by atoms with Crippen molar-refractivity contribution in [1.82, 2.24) is 19.7 Å². The molecule has 140 valence electrons. The van der Waals surface area contributed by atoms with E-state index in [2.05, 4.69) is 15.3 Å². The molecule has 0 saturated carbocycles. The van der Waals surface area contributed by atoms with Gasteiger partial charge in [0.05, 0.1) is 10.7 Å². The predicted octanol–water partition coefficient (Wildman–Crippen LogP) is 4.22. The Morgan fingerprint density at radius 2 is 1.86 bits per heavy atom. The average molecular weight is 391 g/mol. The average Bonchev–Trinajstić information content (AvgIpc) is 3.14. The van der Waals surface area contributed by atoms with Crippen molar-refractivity contribution >= 4 is 23.2 Å². The Morgan fingerprint density at radius 3 is 2.64 bits per heavy atom. The third kappa shape index (κ3) is 4.05. The van der Waals surface area contributed by atoms with Gasteiger partial charge in [-0.25, -0.2) is 4.98 Å². The third-order valence-electron chi connectivity index (χ3n) is 4.69. The highest BCUT2D eigenvalue weighted by Gasteiger charge is 2.21. The van der Waals surface area contributed by atoms with Crippen molar-refractivity contribution in [2.45, 2.75) is 18.9 Å². The molecule has 1 aromatic carbocycles. The second-order valence-electron chi connectivity index (χ2n) is 6.56. The summed E-state index contributed by atoms with van der Waals surface area (Å²) in [6.07, 6.45) is 7.41. The lowest BCUT2D eigenvalue weighted by Gasteiger charge is -2.17. The molecule has 0 fully saturated rings. The number of hydrogen-bond donors (Lipinski definition) is 1. The number of fused-ring (bicyclic) bond motifs is 1.